The maximum Gasteiger partial charge on any atom is 0.311 e. The molecule has 1 unspecified atom stereocenters. The lowest BCUT2D eigenvalue weighted by molar-refractivity contribution is -0.142. The van der Waals surface area contributed by atoms with Crippen molar-refractivity contribution in [1.82, 2.24) is 4.98 Å². The summed E-state index contributed by atoms with van der Waals surface area (Å²) in [6, 6.07) is 0.334. The first-order valence-corrected chi connectivity index (χ1v) is 7.10. The van der Waals surface area contributed by atoms with Crippen molar-refractivity contribution in [2.45, 2.75) is 32.2 Å². The topological polar surface area (TPSA) is 60.5 Å². The van der Waals surface area contributed by atoms with Crippen LogP contribution in [0.25, 0.3) is 0 Å². The van der Waals surface area contributed by atoms with Crippen LogP contribution < -0.4 is 5.32 Å². The number of hydrogen-bond acceptors (Lipinski definition) is 6. The molecule has 2 heterocycles. The molecule has 0 amide bonds. The van der Waals surface area contributed by atoms with Crippen molar-refractivity contribution in [3.63, 3.8) is 0 Å². The lowest BCUT2D eigenvalue weighted by atomic mass is 10.1. The summed E-state index contributed by atoms with van der Waals surface area (Å²) in [5.41, 5.74) is 0.762. The Morgan fingerprint density at radius 2 is 2.61 bits per heavy atom. The van der Waals surface area contributed by atoms with Crippen molar-refractivity contribution in [1.29, 1.82) is 0 Å². The van der Waals surface area contributed by atoms with Crippen LogP contribution in [-0.4, -0.2) is 36.8 Å². The molecule has 1 N–H and O–H groups in total. The fourth-order valence-electron chi connectivity index (χ4n) is 1.84. The van der Waals surface area contributed by atoms with Gasteiger partial charge in [0.1, 0.15) is 0 Å². The number of aromatic nitrogens is 1. The Labute approximate surface area is 111 Å². The second kappa shape index (κ2) is 6.70. The third-order valence-corrected chi connectivity index (χ3v) is 3.49. The van der Waals surface area contributed by atoms with E-state index in [9.17, 15) is 4.79 Å². The molecule has 2 rings (SSSR count). The number of anilines is 1. The van der Waals surface area contributed by atoms with E-state index in [2.05, 4.69) is 10.3 Å². The lowest BCUT2D eigenvalue weighted by Gasteiger charge is -2.22. The highest BCUT2D eigenvalue weighted by Crippen LogP contribution is 2.19. The Kier molecular flexibility index (Phi) is 4.95. The predicted molar refractivity (Wildman–Crippen MR) is 69.9 cm³/mol. The molecule has 5 nitrogen and oxygen atoms in total. The average Bonchev–Trinajstić information content (AvgIpc) is 2.78. The molecule has 0 aromatic carbocycles. The van der Waals surface area contributed by atoms with E-state index in [1.54, 1.807) is 6.92 Å². The van der Waals surface area contributed by atoms with Gasteiger partial charge in [0, 0.05) is 12.0 Å². The Balaban J connectivity index is 1.83. The third-order valence-electron chi connectivity index (χ3n) is 2.67. The molecule has 0 saturated carbocycles. The van der Waals surface area contributed by atoms with Crippen molar-refractivity contribution in [2.75, 3.05) is 25.1 Å². The molecule has 6 heteroatoms. The van der Waals surface area contributed by atoms with Crippen molar-refractivity contribution >= 4 is 22.4 Å². The maximum absolute atomic E-state index is 11.3. The normalized spacial score (nSPS) is 19.5. The molecule has 1 aliphatic rings. The molecular weight excluding hydrogens is 252 g/mol. The highest BCUT2D eigenvalue weighted by atomic mass is 32.1. The van der Waals surface area contributed by atoms with Crippen molar-refractivity contribution in [3.8, 4) is 0 Å². The van der Waals surface area contributed by atoms with Gasteiger partial charge in [0.25, 0.3) is 0 Å². The number of nitrogens with zero attached hydrogens (tertiary/aromatic N) is 1. The molecule has 1 aromatic rings. The van der Waals surface area contributed by atoms with E-state index < -0.39 is 0 Å². The Hall–Kier alpha value is -1.14. The highest BCUT2D eigenvalue weighted by molar-refractivity contribution is 7.13. The quantitative estimate of drug-likeness (QED) is 0.827. The predicted octanol–water partition coefficient (Wildman–Crippen LogP) is 1.84. The van der Waals surface area contributed by atoms with E-state index in [0.717, 1.165) is 36.9 Å². The summed E-state index contributed by atoms with van der Waals surface area (Å²) in [6.07, 6.45) is 2.43. The van der Waals surface area contributed by atoms with Gasteiger partial charge < -0.3 is 14.8 Å². The Morgan fingerprint density at radius 1 is 1.72 bits per heavy atom. The molecule has 0 radical (unpaired) electrons. The second-order valence-corrected chi connectivity index (χ2v) is 5.04. The van der Waals surface area contributed by atoms with Crippen LogP contribution in [0, 0.1) is 0 Å². The number of ether oxygens (including phenoxy) is 2. The third kappa shape index (κ3) is 3.96. The fraction of sp³-hybridized carbons (Fsp3) is 0.667. The fourth-order valence-corrected chi connectivity index (χ4v) is 2.63. The highest BCUT2D eigenvalue weighted by Gasteiger charge is 2.15. The van der Waals surface area contributed by atoms with Crippen LogP contribution in [0.5, 0.6) is 0 Å². The number of thiazole rings is 1. The van der Waals surface area contributed by atoms with E-state index in [-0.39, 0.29) is 12.4 Å². The molecule has 1 atom stereocenters. The smallest absolute Gasteiger partial charge is 0.311 e. The number of rotatable bonds is 5. The first-order chi connectivity index (χ1) is 8.78. The van der Waals surface area contributed by atoms with Gasteiger partial charge in [0.2, 0.25) is 0 Å². The first kappa shape index (κ1) is 13.3. The molecule has 1 saturated heterocycles. The summed E-state index contributed by atoms with van der Waals surface area (Å²) in [7, 11) is 0. The first-order valence-electron chi connectivity index (χ1n) is 6.22. The van der Waals surface area contributed by atoms with Crippen molar-refractivity contribution in [3.05, 3.63) is 11.1 Å². The van der Waals surface area contributed by atoms with Gasteiger partial charge in [-0.05, 0) is 19.8 Å². The van der Waals surface area contributed by atoms with E-state index in [4.69, 9.17) is 9.47 Å². The molecule has 100 valence electrons. The van der Waals surface area contributed by atoms with Crippen LogP contribution >= 0.6 is 11.3 Å². The molecule has 1 aromatic heterocycles. The summed E-state index contributed by atoms with van der Waals surface area (Å²) in [5.74, 6) is -0.227. The Bertz CT molecular complexity index is 388. The zero-order valence-electron chi connectivity index (χ0n) is 10.5. The summed E-state index contributed by atoms with van der Waals surface area (Å²) < 4.78 is 10.3. The summed E-state index contributed by atoms with van der Waals surface area (Å²) >= 11 is 1.52. The molecule has 0 aliphatic carbocycles. The average molecular weight is 270 g/mol. The molecular formula is C12H18N2O3S. The van der Waals surface area contributed by atoms with Gasteiger partial charge in [-0.15, -0.1) is 11.3 Å². The van der Waals surface area contributed by atoms with Crippen LogP contribution in [0.2, 0.25) is 0 Å². The van der Waals surface area contributed by atoms with Gasteiger partial charge in [0.05, 0.1) is 31.4 Å². The van der Waals surface area contributed by atoms with Gasteiger partial charge in [-0.1, -0.05) is 0 Å². The minimum Gasteiger partial charge on any atom is -0.466 e. The molecule has 18 heavy (non-hydrogen) atoms. The van der Waals surface area contributed by atoms with Gasteiger partial charge >= 0.3 is 5.97 Å². The number of nitrogens with one attached hydrogen (secondary N) is 1. The number of carbonyl (C=O) groups excluding carboxylic acids is 1. The number of esters is 1. The van der Waals surface area contributed by atoms with E-state index >= 15 is 0 Å². The zero-order chi connectivity index (χ0) is 12.8. The molecule has 0 bridgehead atoms. The standard InChI is InChI=1S/C12H18N2O3S/c1-2-17-11(15)6-10-8-18-12(14-10)13-9-4-3-5-16-7-9/h8-9H,2-7H2,1H3,(H,13,14). The second-order valence-electron chi connectivity index (χ2n) is 4.18. The Morgan fingerprint density at radius 3 is 3.33 bits per heavy atom. The zero-order valence-corrected chi connectivity index (χ0v) is 11.3. The minimum atomic E-state index is -0.227. The lowest BCUT2D eigenvalue weighted by Crippen LogP contribution is -2.29. The van der Waals surface area contributed by atoms with Crippen LogP contribution in [0.15, 0.2) is 5.38 Å². The van der Waals surface area contributed by atoms with Gasteiger partial charge in [-0.2, -0.15) is 0 Å². The summed E-state index contributed by atoms with van der Waals surface area (Å²) in [6.45, 7) is 3.79. The van der Waals surface area contributed by atoms with E-state index in [1.165, 1.54) is 11.3 Å². The van der Waals surface area contributed by atoms with Crippen LogP contribution in [-0.2, 0) is 20.7 Å². The van der Waals surface area contributed by atoms with Crippen LogP contribution in [0.4, 0.5) is 5.13 Å². The van der Waals surface area contributed by atoms with Gasteiger partial charge in [-0.3, -0.25) is 4.79 Å². The van der Waals surface area contributed by atoms with Gasteiger partial charge in [-0.25, -0.2) is 4.98 Å². The molecule has 1 aliphatic heterocycles. The summed E-state index contributed by atoms with van der Waals surface area (Å²) in [4.78, 5) is 15.7. The van der Waals surface area contributed by atoms with Gasteiger partial charge in [0.15, 0.2) is 5.13 Å². The number of hydrogen-bond donors (Lipinski definition) is 1. The molecule has 0 spiro atoms. The van der Waals surface area contributed by atoms with Crippen molar-refractivity contribution in [2.24, 2.45) is 0 Å². The van der Waals surface area contributed by atoms with Crippen LogP contribution in [0.3, 0.4) is 0 Å². The van der Waals surface area contributed by atoms with E-state index in [0.29, 0.717) is 12.6 Å². The largest absolute Gasteiger partial charge is 0.466 e. The maximum atomic E-state index is 11.3. The SMILES string of the molecule is CCOC(=O)Cc1csc(NC2CCCOC2)n1. The van der Waals surface area contributed by atoms with Crippen molar-refractivity contribution < 1.29 is 14.3 Å². The summed E-state index contributed by atoms with van der Waals surface area (Å²) in [5, 5.41) is 6.08. The van der Waals surface area contributed by atoms with Crippen LogP contribution in [0.1, 0.15) is 25.5 Å². The number of carbonyl (C=O) groups is 1. The van der Waals surface area contributed by atoms with E-state index in [1.807, 2.05) is 5.38 Å². The minimum absolute atomic E-state index is 0.227. The monoisotopic (exact) mass is 270 g/mol. The molecule has 1 fully saturated rings.